The summed E-state index contributed by atoms with van der Waals surface area (Å²) in [6.45, 7) is 3.72. The van der Waals surface area contributed by atoms with Crippen molar-refractivity contribution >= 4 is 5.91 Å². The minimum atomic E-state index is 0.173. The Morgan fingerprint density at radius 2 is 2.35 bits per heavy atom. The summed E-state index contributed by atoms with van der Waals surface area (Å²) >= 11 is 0. The quantitative estimate of drug-likeness (QED) is 0.856. The fourth-order valence-electron chi connectivity index (χ4n) is 2.32. The molecule has 1 aromatic rings. The zero-order valence-corrected chi connectivity index (χ0v) is 10.2. The Hall–Kier alpha value is -1.35. The van der Waals surface area contributed by atoms with Crippen molar-refractivity contribution in [2.75, 3.05) is 19.7 Å². The number of carbonyl (C=O) groups is 1. The van der Waals surface area contributed by atoms with Crippen molar-refractivity contribution < 1.29 is 9.90 Å². The average molecular weight is 233 g/mol. The van der Waals surface area contributed by atoms with Gasteiger partial charge in [0.25, 0.3) is 0 Å². The number of aryl methyl sites for hydroxylation is 1. The molecule has 0 saturated carbocycles. The third-order valence-corrected chi connectivity index (χ3v) is 3.33. The molecule has 1 aromatic carbocycles. The van der Waals surface area contributed by atoms with Crippen molar-refractivity contribution in [2.45, 2.75) is 19.8 Å². The second kappa shape index (κ2) is 5.32. The molecule has 2 rings (SSSR count). The van der Waals surface area contributed by atoms with E-state index in [0.29, 0.717) is 13.0 Å². The number of carbonyl (C=O) groups excluding carboxylic acids is 1. The van der Waals surface area contributed by atoms with E-state index >= 15 is 0 Å². The monoisotopic (exact) mass is 233 g/mol. The van der Waals surface area contributed by atoms with E-state index in [1.54, 1.807) is 0 Å². The van der Waals surface area contributed by atoms with Crippen molar-refractivity contribution in [2.24, 2.45) is 5.92 Å². The van der Waals surface area contributed by atoms with E-state index in [-0.39, 0.29) is 18.4 Å². The van der Waals surface area contributed by atoms with Gasteiger partial charge in [-0.3, -0.25) is 4.79 Å². The number of aliphatic hydroxyl groups is 1. The van der Waals surface area contributed by atoms with Crippen molar-refractivity contribution in [3.63, 3.8) is 0 Å². The fourth-order valence-corrected chi connectivity index (χ4v) is 2.32. The molecule has 1 aliphatic rings. The highest BCUT2D eigenvalue weighted by molar-refractivity contribution is 5.79. The summed E-state index contributed by atoms with van der Waals surface area (Å²) in [5, 5.41) is 9.05. The van der Waals surface area contributed by atoms with Crippen LogP contribution in [0.5, 0.6) is 0 Å². The number of aliphatic hydroxyl groups excluding tert-OH is 1. The van der Waals surface area contributed by atoms with Crippen molar-refractivity contribution in [3.8, 4) is 0 Å². The molecular weight excluding hydrogens is 214 g/mol. The van der Waals surface area contributed by atoms with Gasteiger partial charge in [-0.25, -0.2) is 0 Å². The molecule has 1 heterocycles. The summed E-state index contributed by atoms with van der Waals surface area (Å²) in [5.74, 6) is 0.447. The fraction of sp³-hybridized carbons (Fsp3) is 0.500. The second-order valence-corrected chi connectivity index (χ2v) is 4.84. The first-order chi connectivity index (χ1) is 8.19. The number of rotatable bonds is 3. The number of likely N-dealkylation sites (tertiary alicyclic amines) is 1. The molecule has 17 heavy (non-hydrogen) atoms. The van der Waals surface area contributed by atoms with Crippen LogP contribution in [0.1, 0.15) is 17.5 Å². The van der Waals surface area contributed by atoms with Crippen LogP contribution in [-0.4, -0.2) is 35.6 Å². The van der Waals surface area contributed by atoms with Gasteiger partial charge in [-0.1, -0.05) is 29.8 Å². The molecule has 1 fully saturated rings. The van der Waals surface area contributed by atoms with Gasteiger partial charge in [0, 0.05) is 25.6 Å². The lowest BCUT2D eigenvalue weighted by atomic mass is 10.1. The van der Waals surface area contributed by atoms with Crippen LogP contribution in [0.15, 0.2) is 24.3 Å². The maximum atomic E-state index is 12.0. The first kappa shape index (κ1) is 12.1. The van der Waals surface area contributed by atoms with E-state index in [1.165, 1.54) is 5.56 Å². The third kappa shape index (κ3) is 3.07. The van der Waals surface area contributed by atoms with Gasteiger partial charge in [-0.2, -0.15) is 0 Å². The number of hydrogen-bond acceptors (Lipinski definition) is 2. The highest BCUT2D eigenvalue weighted by Gasteiger charge is 2.25. The molecule has 1 aliphatic heterocycles. The van der Waals surface area contributed by atoms with Crippen LogP contribution in [0, 0.1) is 12.8 Å². The molecule has 0 aliphatic carbocycles. The van der Waals surface area contributed by atoms with E-state index in [9.17, 15) is 4.79 Å². The minimum Gasteiger partial charge on any atom is -0.396 e. The molecule has 1 N–H and O–H groups in total. The van der Waals surface area contributed by atoms with E-state index in [1.807, 2.05) is 30.0 Å². The molecule has 0 spiro atoms. The Balaban J connectivity index is 1.93. The van der Waals surface area contributed by atoms with E-state index in [0.717, 1.165) is 18.5 Å². The molecule has 3 nitrogen and oxygen atoms in total. The van der Waals surface area contributed by atoms with Gasteiger partial charge in [0.1, 0.15) is 0 Å². The van der Waals surface area contributed by atoms with Crippen LogP contribution in [0.4, 0.5) is 0 Å². The van der Waals surface area contributed by atoms with E-state index < -0.39 is 0 Å². The molecule has 0 bridgehead atoms. The van der Waals surface area contributed by atoms with Gasteiger partial charge in [0.2, 0.25) is 5.91 Å². The summed E-state index contributed by atoms with van der Waals surface area (Å²) in [4.78, 5) is 13.9. The van der Waals surface area contributed by atoms with Crippen molar-refractivity contribution in [3.05, 3.63) is 35.4 Å². The average Bonchev–Trinajstić information content (AvgIpc) is 2.77. The summed E-state index contributed by atoms with van der Waals surface area (Å²) in [5.41, 5.74) is 2.26. The van der Waals surface area contributed by atoms with Gasteiger partial charge in [-0.15, -0.1) is 0 Å². The zero-order chi connectivity index (χ0) is 12.3. The standard InChI is InChI=1S/C14H19NO2/c1-11-3-2-4-12(7-11)8-14(17)15-6-5-13(9-15)10-16/h2-4,7,13,16H,5-6,8-10H2,1H3/t13-/m1/s1. The largest absolute Gasteiger partial charge is 0.396 e. The first-order valence-corrected chi connectivity index (χ1v) is 6.13. The normalized spacial score (nSPS) is 19.6. The van der Waals surface area contributed by atoms with Gasteiger partial charge >= 0.3 is 0 Å². The summed E-state index contributed by atoms with van der Waals surface area (Å²) in [7, 11) is 0. The zero-order valence-electron chi connectivity index (χ0n) is 10.2. The molecule has 0 aromatic heterocycles. The van der Waals surface area contributed by atoms with Crippen molar-refractivity contribution in [1.82, 2.24) is 4.90 Å². The van der Waals surface area contributed by atoms with Gasteiger partial charge in [0.15, 0.2) is 0 Å². The predicted octanol–water partition coefficient (Wildman–Crippen LogP) is 1.38. The molecule has 92 valence electrons. The second-order valence-electron chi connectivity index (χ2n) is 4.84. The maximum Gasteiger partial charge on any atom is 0.227 e. The lowest BCUT2D eigenvalue weighted by Gasteiger charge is -2.16. The lowest BCUT2D eigenvalue weighted by Crippen LogP contribution is -2.30. The molecule has 0 radical (unpaired) electrons. The van der Waals surface area contributed by atoms with Crippen LogP contribution >= 0.6 is 0 Å². The van der Waals surface area contributed by atoms with E-state index in [4.69, 9.17) is 5.11 Å². The Morgan fingerprint density at radius 3 is 3.00 bits per heavy atom. The smallest absolute Gasteiger partial charge is 0.227 e. The van der Waals surface area contributed by atoms with Crippen LogP contribution in [0.2, 0.25) is 0 Å². The number of hydrogen-bond donors (Lipinski definition) is 1. The van der Waals surface area contributed by atoms with Gasteiger partial charge in [0.05, 0.1) is 6.42 Å². The van der Waals surface area contributed by atoms with Gasteiger partial charge in [-0.05, 0) is 18.9 Å². The SMILES string of the molecule is Cc1cccc(CC(=O)N2CC[C@@H](CO)C2)c1. The first-order valence-electron chi connectivity index (χ1n) is 6.13. The summed E-state index contributed by atoms with van der Waals surface area (Å²) in [6, 6.07) is 8.06. The Labute approximate surface area is 102 Å². The molecule has 3 heteroatoms. The Kier molecular flexibility index (Phi) is 3.79. The molecular formula is C14H19NO2. The van der Waals surface area contributed by atoms with Crippen LogP contribution in [-0.2, 0) is 11.2 Å². The molecule has 0 unspecified atom stereocenters. The third-order valence-electron chi connectivity index (χ3n) is 3.33. The highest BCUT2D eigenvalue weighted by atomic mass is 16.3. The van der Waals surface area contributed by atoms with Crippen LogP contribution in [0.25, 0.3) is 0 Å². The topological polar surface area (TPSA) is 40.5 Å². The van der Waals surface area contributed by atoms with Crippen molar-refractivity contribution in [1.29, 1.82) is 0 Å². The van der Waals surface area contributed by atoms with Crippen LogP contribution < -0.4 is 0 Å². The number of amides is 1. The van der Waals surface area contributed by atoms with Gasteiger partial charge < -0.3 is 10.0 Å². The predicted molar refractivity (Wildman–Crippen MR) is 66.7 cm³/mol. The minimum absolute atomic E-state index is 0.173. The molecule has 1 saturated heterocycles. The Bertz CT molecular complexity index is 403. The summed E-state index contributed by atoms with van der Waals surface area (Å²) in [6.07, 6.45) is 1.40. The number of benzene rings is 1. The Morgan fingerprint density at radius 1 is 1.53 bits per heavy atom. The van der Waals surface area contributed by atoms with Crippen LogP contribution in [0.3, 0.4) is 0 Å². The maximum absolute atomic E-state index is 12.0. The molecule has 1 atom stereocenters. The summed E-state index contributed by atoms with van der Waals surface area (Å²) < 4.78 is 0. The molecule has 1 amide bonds. The van der Waals surface area contributed by atoms with E-state index in [2.05, 4.69) is 6.07 Å². The highest BCUT2D eigenvalue weighted by Crippen LogP contribution is 2.17. The lowest BCUT2D eigenvalue weighted by molar-refractivity contribution is -0.129. The number of nitrogens with zero attached hydrogens (tertiary/aromatic N) is 1.